The average molecular weight is 522 g/mol. The zero-order valence-electron chi connectivity index (χ0n) is 23.1. The van der Waals surface area contributed by atoms with Gasteiger partial charge in [-0.15, -0.1) is 0 Å². The molecule has 1 aliphatic rings. The van der Waals surface area contributed by atoms with Gasteiger partial charge in [0.2, 0.25) is 6.41 Å². The largest absolute Gasteiger partial charge is 0.371 e. The van der Waals surface area contributed by atoms with Crippen molar-refractivity contribution in [3.05, 3.63) is 75.3 Å². The van der Waals surface area contributed by atoms with Crippen LogP contribution in [-0.2, 0) is 11.8 Å². The Labute approximate surface area is 223 Å². The molecule has 0 unspecified atom stereocenters. The first kappa shape index (κ1) is 28.4. The Hall–Kier alpha value is -4.14. The number of nitrogens with zero attached hydrogens (tertiary/aromatic N) is 4. The van der Waals surface area contributed by atoms with Crippen LogP contribution >= 0.6 is 0 Å². The summed E-state index contributed by atoms with van der Waals surface area (Å²) in [6.45, 7) is 9.20. The minimum absolute atomic E-state index is 0.0843. The molecule has 202 valence electrons. The normalized spacial score (nSPS) is 12.2. The number of aromatic nitrogens is 1. The van der Waals surface area contributed by atoms with Gasteiger partial charge in [0.15, 0.2) is 0 Å². The summed E-state index contributed by atoms with van der Waals surface area (Å²) in [7, 11) is 4.67. The summed E-state index contributed by atoms with van der Waals surface area (Å²) in [5.41, 5.74) is 2.36. The number of hydrogen-bond acceptors (Lipinski definition) is 5. The molecule has 8 nitrogen and oxygen atoms in total. The lowest BCUT2D eigenvalue weighted by Gasteiger charge is -2.34. The zero-order valence-corrected chi connectivity index (χ0v) is 23.1. The number of rotatable bonds is 7. The number of halogens is 1. The quantitative estimate of drug-likeness (QED) is 0.437. The van der Waals surface area contributed by atoms with Crippen molar-refractivity contribution in [3.8, 4) is 0 Å². The minimum Gasteiger partial charge on any atom is -0.371 e. The van der Waals surface area contributed by atoms with E-state index in [2.05, 4.69) is 10.2 Å². The summed E-state index contributed by atoms with van der Waals surface area (Å²) in [6.07, 6.45) is 1.70. The van der Waals surface area contributed by atoms with Crippen molar-refractivity contribution >= 4 is 40.9 Å². The monoisotopic (exact) mass is 521 g/mol. The molecule has 1 saturated heterocycles. The van der Waals surface area contributed by atoms with Gasteiger partial charge in [0.25, 0.3) is 11.5 Å². The summed E-state index contributed by atoms with van der Waals surface area (Å²) >= 11 is 0. The van der Waals surface area contributed by atoms with E-state index in [0.29, 0.717) is 12.1 Å². The Morgan fingerprint density at radius 3 is 2.32 bits per heavy atom. The number of aryl methyl sites for hydroxylation is 1. The van der Waals surface area contributed by atoms with Gasteiger partial charge < -0.3 is 15.1 Å². The second-order valence-corrected chi connectivity index (χ2v) is 9.21. The van der Waals surface area contributed by atoms with Crippen molar-refractivity contribution in [2.45, 2.75) is 34.1 Å². The first-order valence-electron chi connectivity index (χ1n) is 12.7. The van der Waals surface area contributed by atoms with Gasteiger partial charge in [-0.25, -0.2) is 4.39 Å². The standard InChI is InChI=1S/C27H30FN5O3.C2H6/c1-17-10-11-22(21(28)14-17)29-25-23(27(36)30(3)4)24(18(2)26(35)31(25)5)33(16-34)20-9-6-8-19(15-20)32-12-7-13-32;1-2/h6,8-11,14-16,29H,7,12-13H2,1-5H3;1-2H3. The maximum absolute atomic E-state index is 14.8. The second-order valence-electron chi connectivity index (χ2n) is 9.21. The van der Waals surface area contributed by atoms with Crippen molar-refractivity contribution < 1.29 is 14.0 Å². The zero-order chi connectivity index (χ0) is 28.1. The maximum atomic E-state index is 14.8. The minimum atomic E-state index is -0.526. The molecule has 0 aliphatic carbocycles. The summed E-state index contributed by atoms with van der Waals surface area (Å²) in [5.74, 6) is -0.875. The third-order valence-electron chi connectivity index (χ3n) is 6.46. The molecule has 2 heterocycles. The molecule has 1 N–H and O–H groups in total. The van der Waals surface area contributed by atoms with E-state index < -0.39 is 17.3 Å². The molecule has 2 amide bonds. The molecule has 0 bridgehead atoms. The molecule has 0 radical (unpaired) electrons. The number of pyridine rings is 1. The van der Waals surface area contributed by atoms with E-state index in [1.165, 1.54) is 27.5 Å². The third kappa shape index (κ3) is 5.41. The number of carbonyl (C=O) groups is 2. The van der Waals surface area contributed by atoms with Gasteiger partial charge in [0, 0.05) is 45.5 Å². The predicted molar refractivity (Wildman–Crippen MR) is 152 cm³/mol. The van der Waals surface area contributed by atoms with Crippen molar-refractivity contribution in [2.75, 3.05) is 42.3 Å². The molecule has 38 heavy (non-hydrogen) atoms. The van der Waals surface area contributed by atoms with E-state index in [9.17, 15) is 18.8 Å². The van der Waals surface area contributed by atoms with Crippen molar-refractivity contribution in [1.29, 1.82) is 0 Å². The second kappa shape index (κ2) is 11.9. The summed E-state index contributed by atoms with van der Waals surface area (Å²) < 4.78 is 16.0. The van der Waals surface area contributed by atoms with E-state index in [0.717, 1.165) is 30.8 Å². The number of nitrogens with one attached hydrogen (secondary N) is 1. The molecular weight excluding hydrogens is 485 g/mol. The van der Waals surface area contributed by atoms with E-state index in [1.807, 2.05) is 32.0 Å². The Bertz CT molecular complexity index is 1400. The van der Waals surface area contributed by atoms with Gasteiger partial charge in [-0.05, 0) is 56.2 Å². The van der Waals surface area contributed by atoms with E-state index in [4.69, 9.17) is 0 Å². The van der Waals surface area contributed by atoms with E-state index in [1.54, 1.807) is 46.1 Å². The van der Waals surface area contributed by atoms with Crippen molar-refractivity contribution in [2.24, 2.45) is 7.05 Å². The van der Waals surface area contributed by atoms with Gasteiger partial charge in [0.05, 0.1) is 17.1 Å². The highest BCUT2D eigenvalue weighted by molar-refractivity contribution is 6.08. The van der Waals surface area contributed by atoms with Crippen LogP contribution in [0.4, 0.5) is 33.0 Å². The van der Waals surface area contributed by atoms with E-state index in [-0.39, 0.29) is 28.3 Å². The molecule has 1 aromatic heterocycles. The molecule has 0 saturated carbocycles. The molecule has 3 aromatic rings. The Morgan fingerprint density at radius 2 is 1.76 bits per heavy atom. The highest BCUT2D eigenvalue weighted by Gasteiger charge is 2.30. The molecule has 0 spiro atoms. The summed E-state index contributed by atoms with van der Waals surface area (Å²) in [6, 6.07) is 12.1. The van der Waals surface area contributed by atoms with Crippen molar-refractivity contribution in [1.82, 2.24) is 9.47 Å². The Balaban J connectivity index is 0.00000195. The Morgan fingerprint density at radius 1 is 1.08 bits per heavy atom. The fourth-order valence-electron chi connectivity index (χ4n) is 4.30. The van der Waals surface area contributed by atoms with Gasteiger partial charge >= 0.3 is 0 Å². The number of anilines is 5. The van der Waals surface area contributed by atoms with Crippen LogP contribution in [0.5, 0.6) is 0 Å². The van der Waals surface area contributed by atoms with Crippen LogP contribution < -0.4 is 20.7 Å². The van der Waals surface area contributed by atoms with Crippen LogP contribution in [-0.4, -0.2) is 49.0 Å². The van der Waals surface area contributed by atoms with Gasteiger partial charge in [-0.1, -0.05) is 26.0 Å². The topological polar surface area (TPSA) is 77.9 Å². The van der Waals surface area contributed by atoms with Gasteiger partial charge in [0.1, 0.15) is 17.2 Å². The van der Waals surface area contributed by atoms with Gasteiger partial charge in [-0.3, -0.25) is 23.9 Å². The molecule has 9 heteroatoms. The molecule has 4 rings (SSSR count). The fourth-order valence-corrected chi connectivity index (χ4v) is 4.30. The lowest BCUT2D eigenvalue weighted by molar-refractivity contribution is -0.106. The van der Waals surface area contributed by atoms with Crippen LogP contribution in [0.3, 0.4) is 0 Å². The lowest BCUT2D eigenvalue weighted by atomic mass is 10.1. The Kier molecular flexibility index (Phi) is 8.93. The van der Waals surface area contributed by atoms with Gasteiger partial charge in [-0.2, -0.15) is 0 Å². The van der Waals surface area contributed by atoms with Crippen LogP contribution in [0.15, 0.2) is 47.3 Å². The highest BCUT2D eigenvalue weighted by atomic mass is 19.1. The molecular formula is C29H36FN5O3. The summed E-state index contributed by atoms with van der Waals surface area (Å²) in [5, 5.41) is 2.95. The number of benzene rings is 2. The number of hydrogen-bond donors (Lipinski definition) is 1. The predicted octanol–water partition coefficient (Wildman–Crippen LogP) is 5.12. The highest BCUT2D eigenvalue weighted by Crippen LogP contribution is 2.37. The van der Waals surface area contributed by atoms with Crippen LogP contribution in [0.1, 0.15) is 41.8 Å². The van der Waals surface area contributed by atoms with Crippen LogP contribution in [0, 0.1) is 19.7 Å². The molecule has 2 aromatic carbocycles. The van der Waals surface area contributed by atoms with Crippen LogP contribution in [0.25, 0.3) is 0 Å². The molecule has 0 atom stereocenters. The molecule has 1 fully saturated rings. The number of carbonyl (C=O) groups excluding carboxylic acids is 2. The smallest absolute Gasteiger partial charge is 0.259 e. The maximum Gasteiger partial charge on any atom is 0.259 e. The fraction of sp³-hybridized carbons (Fsp3) is 0.345. The SMILES string of the molecule is CC.Cc1ccc(Nc2c(C(=O)N(C)C)c(N(C=O)c3cccc(N4CCC4)c3)c(C)c(=O)n2C)c(F)c1. The van der Waals surface area contributed by atoms with Crippen LogP contribution in [0.2, 0.25) is 0 Å². The first-order chi connectivity index (χ1) is 18.1. The average Bonchev–Trinajstić information content (AvgIpc) is 2.87. The third-order valence-corrected chi connectivity index (χ3v) is 6.46. The first-order valence-corrected chi connectivity index (χ1v) is 12.7. The van der Waals surface area contributed by atoms with Crippen molar-refractivity contribution in [3.63, 3.8) is 0 Å². The lowest BCUT2D eigenvalue weighted by Crippen LogP contribution is -2.37. The molecule has 1 aliphatic heterocycles. The summed E-state index contributed by atoms with van der Waals surface area (Å²) in [4.78, 5) is 44.2. The number of amides is 2. The van der Waals surface area contributed by atoms with E-state index >= 15 is 0 Å².